The van der Waals surface area contributed by atoms with E-state index >= 15 is 0 Å². The lowest BCUT2D eigenvalue weighted by Crippen LogP contribution is -2.65. The standard InChI is InChI=1S/C67H75NO12.C40H47NO8/c1-50-59(72-43-52-28-12-3-13-29-52)61(74-45-54-32-16-5-17-33-54)63(76-47-56-36-20-7-21-37-56)66(78-50)80-64-62(75-46-55-34-18-6-19-35-55)60(73-44-53-30-14-4-15-31-53)58(49-70-42-51-26-10-2-11-27-51)79-65(64)71-41-25-9-24-40-68-67(69)77-48-57-38-22-8-23-39-57;42-36-38(47-28-33-20-10-3-11-21-33)37(46-27-32-18-8-2-9-19-32)35(30-44-26-31-16-6-1-7-17-31)49-39(36)45-25-15-5-14-24-41-40(43)48-29-34-22-12-4-13-23-34/h2-8,10-23,26-39,50,58-66H,9,24-25,40-49H2,1H3,(H,68,69);1-4,6-13,16-23,35-39,42H,5,14-15,24-30H2,(H,41,43)/t50?,58?,59-,60-,61-,62+,63?,64?,65+,66-;35?,36?,37-,38-,39+/m00/s1. The van der Waals surface area contributed by atoms with E-state index in [1.807, 2.05) is 341 Å². The molecule has 6 unspecified atom stereocenters. The molecule has 11 aromatic rings. The van der Waals surface area contributed by atoms with Gasteiger partial charge in [-0.05, 0) is 107 Å². The number of ether oxygens (including phenoxy) is 17. The minimum absolute atomic E-state index is 0.160. The molecule has 3 N–H and O–H groups in total. The van der Waals surface area contributed by atoms with Gasteiger partial charge >= 0.3 is 12.2 Å². The summed E-state index contributed by atoms with van der Waals surface area (Å²) in [7, 11) is 0. The van der Waals surface area contributed by atoms with Crippen LogP contribution in [0.15, 0.2) is 334 Å². The lowest BCUT2D eigenvalue weighted by molar-refractivity contribution is -0.380. The second-order valence-corrected chi connectivity index (χ2v) is 32.1. The van der Waals surface area contributed by atoms with Gasteiger partial charge in [-0.1, -0.05) is 334 Å². The summed E-state index contributed by atoms with van der Waals surface area (Å²) in [5, 5.41) is 17.2. The van der Waals surface area contributed by atoms with Gasteiger partial charge in [0.25, 0.3) is 0 Å². The van der Waals surface area contributed by atoms with Gasteiger partial charge in [-0.2, -0.15) is 0 Å². The van der Waals surface area contributed by atoms with Gasteiger partial charge in [0, 0.05) is 26.3 Å². The first-order valence-electron chi connectivity index (χ1n) is 44.9. The van der Waals surface area contributed by atoms with Gasteiger partial charge in [0.1, 0.15) is 80.4 Å². The number of alkyl carbamates (subject to hydrolysis) is 2. The molecule has 129 heavy (non-hydrogen) atoms. The van der Waals surface area contributed by atoms with Crippen LogP contribution in [0, 0.1) is 0 Å². The molecular weight excluding hydrogens is 1630 g/mol. The monoisotopic (exact) mass is 1750 g/mol. The van der Waals surface area contributed by atoms with E-state index in [0.717, 1.165) is 80.5 Å². The number of hydrogen-bond acceptors (Lipinski definition) is 20. The van der Waals surface area contributed by atoms with Gasteiger partial charge in [0.15, 0.2) is 18.9 Å². The smallest absolute Gasteiger partial charge is 0.407 e. The summed E-state index contributed by atoms with van der Waals surface area (Å²) in [4.78, 5) is 24.6. The third-order valence-corrected chi connectivity index (χ3v) is 22.2. The van der Waals surface area contributed by atoms with E-state index in [9.17, 15) is 14.7 Å². The zero-order valence-electron chi connectivity index (χ0n) is 73.4. The average Bonchev–Trinajstić information content (AvgIpc) is 0.769. The Kier molecular flexibility index (Phi) is 40.7. The minimum atomic E-state index is -1.10. The highest BCUT2D eigenvalue weighted by Gasteiger charge is 2.55. The van der Waals surface area contributed by atoms with Crippen molar-refractivity contribution < 1.29 is 95.2 Å². The number of aliphatic hydroxyl groups excluding tert-OH is 1. The number of unbranched alkanes of at least 4 members (excludes halogenated alkanes) is 4. The predicted molar refractivity (Wildman–Crippen MR) is 489 cm³/mol. The third-order valence-electron chi connectivity index (χ3n) is 22.2. The fraction of sp³-hybridized carbons (Fsp3) is 0.364. The summed E-state index contributed by atoms with van der Waals surface area (Å²) >= 11 is 0. The Hall–Kier alpha value is -10.7. The molecule has 3 aliphatic rings. The van der Waals surface area contributed by atoms with Crippen molar-refractivity contribution in [1.29, 1.82) is 0 Å². The SMILES string of the molecule is CC1O[C@@H](OC2[C@H](OCCCCCNC(=O)OCc3ccccc3)OC(COCc3ccccc3)[C@H](OCc3ccccc3)[C@H]2OCc2ccccc2)C(OCc2ccccc2)[C@@H](OCc2ccccc2)[C@H]1OCc1ccccc1.O=C(NCCCCCO[C@@H]1OC(COCc2ccccc2)[C@H](OCc2ccccc2)[C@@H](OCc2ccccc2)C1O)OCc1ccccc1. The number of rotatable bonds is 49. The molecule has 2 amide bonds. The lowest BCUT2D eigenvalue weighted by Gasteiger charge is -2.50. The van der Waals surface area contributed by atoms with E-state index in [1.165, 1.54) is 0 Å². The van der Waals surface area contributed by atoms with Crippen LogP contribution in [0.25, 0.3) is 0 Å². The summed E-state index contributed by atoms with van der Waals surface area (Å²) in [6, 6.07) is 109. The molecule has 3 heterocycles. The molecule has 3 aliphatic heterocycles. The van der Waals surface area contributed by atoms with E-state index in [1.54, 1.807) is 0 Å². The molecule has 3 fully saturated rings. The van der Waals surface area contributed by atoms with Gasteiger partial charge in [0.2, 0.25) is 0 Å². The zero-order valence-corrected chi connectivity index (χ0v) is 73.4. The van der Waals surface area contributed by atoms with E-state index < -0.39 is 104 Å². The number of benzene rings is 11. The summed E-state index contributed by atoms with van der Waals surface area (Å²) in [6.45, 7) is 7.11. The van der Waals surface area contributed by atoms with Crippen molar-refractivity contribution in [2.75, 3.05) is 39.5 Å². The van der Waals surface area contributed by atoms with Crippen LogP contribution in [0.4, 0.5) is 9.59 Å². The fourth-order valence-corrected chi connectivity index (χ4v) is 15.3. The molecule has 22 nitrogen and oxygen atoms in total. The van der Waals surface area contributed by atoms with Gasteiger partial charge in [0.05, 0.1) is 78.8 Å². The van der Waals surface area contributed by atoms with Crippen LogP contribution in [0.3, 0.4) is 0 Å². The summed E-state index contributed by atoms with van der Waals surface area (Å²) in [6.07, 6.45) is -8.34. The number of carbonyl (C=O) groups is 2. The van der Waals surface area contributed by atoms with Gasteiger partial charge in [-0.3, -0.25) is 0 Å². The van der Waals surface area contributed by atoms with Gasteiger partial charge in [-0.25, -0.2) is 9.59 Å². The average molecular weight is 1760 g/mol. The highest BCUT2D eigenvalue weighted by Crippen LogP contribution is 2.38. The Bertz CT molecular complexity index is 4810. The summed E-state index contributed by atoms with van der Waals surface area (Å²) < 4.78 is 112. The zero-order chi connectivity index (χ0) is 88.8. The Balaban J connectivity index is 0.000000248. The molecule has 22 heteroatoms. The number of nitrogens with one attached hydrogen (secondary N) is 2. The Morgan fingerprint density at radius 3 is 0.868 bits per heavy atom. The Morgan fingerprint density at radius 1 is 0.264 bits per heavy atom. The van der Waals surface area contributed by atoms with Gasteiger partial charge in [-0.15, -0.1) is 0 Å². The summed E-state index contributed by atoms with van der Waals surface area (Å²) in [5.41, 5.74) is 10.8. The predicted octanol–water partition coefficient (Wildman–Crippen LogP) is 18.7. The van der Waals surface area contributed by atoms with E-state index in [0.29, 0.717) is 78.6 Å². The maximum atomic E-state index is 12.6. The van der Waals surface area contributed by atoms with E-state index in [4.69, 9.17) is 80.5 Å². The Labute approximate surface area is 758 Å². The third kappa shape index (κ3) is 32.7. The number of amides is 2. The molecular formula is C107H122N2O20. The molecule has 0 aliphatic carbocycles. The van der Waals surface area contributed by atoms with Gasteiger partial charge < -0.3 is 96.3 Å². The number of aliphatic hydroxyl groups is 1. The second-order valence-electron chi connectivity index (χ2n) is 32.1. The van der Waals surface area contributed by atoms with Crippen LogP contribution in [0.2, 0.25) is 0 Å². The molecule has 680 valence electrons. The van der Waals surface area contributed by atoms with Crippen molar-refractivity contribution in [3.05, 3.63) is 395 Å². The van der Waals surface area contributed by atoms with Crippen molar-refractivity contribution in [2.24, 2.45) is 0 Å². The number of hydrogen-bond donors (Lipinski definition) is 3. The van der Waals surface area contributed by atoms with Crippen molar-refractivity contribution in [3.63, 3.8) is 0 Å². The summed E-state index contributed by atoms with van der Waals surface area (Å²) in [5.74, 6) is 0. The van der Waals surface area contributed by atoms with E-state index in [-0.39, 0.29) is 52.9 Å². The van der Waals surface area contributed by atoms with Crippen LogP contribution in [0.5, 0.6) is 0 Å². The highest BCUT2D eigenvalue weighted by molar-refractivity contribution is 5.67. The second kappa shape index (κ2) is 54.7. The Morgan fingerprint density at radius 2 is 0.527 bits per heavy atom. The molecule has 0 bridgehead atoms. The fourth-order valence-electron chi connectivity index (χ4n) is 15.3. The minimum Gasteiger partial charge on any atom is -0.445 e. The molecule has 0 saturated carbocycles. The first-order chi connectivity index (χ1) is 63.7. The van der Waals surface area contributed by atoms with Crippen LogP contribution in [-0.2, 0) is 153 Å². The van der Waals surface area contributed by atoms with Crippen LogP contribution >= 0.6 is 0 Å². The molecule has 0 aromatic heterocycles. The topological polar surface area (TPSA) is 235 Å². The molecule has 11 aromatic carbocycles. The molecule has 0 spiro atoms. The van der Waals surface area contributed by atoms with Crippen molar-refractivity contribution in [3.8, 4) is 0 Å². The van der Waals surface area contributed by atoms with Crippen molar-refractivity contribution in [2.45, 2.75) is 210 Å². The molecule has 15 atom stereocenters. The molecule has 0 radical (unpaired) electrons. The first kappa shape index (κ1) is 95.9. The van der Waals surface area contributed by atoms with Crippen LogP contribution in [0.1, 0.15) is 107 Å². The largest absolute Gasteiger partial charge is 0.445 e. The molecule has 14 rings (SSSR count). The van der Waals surface area contributed by atoms with Crippen molar-refractivity contribution >= 4 is 12.2 Å². The van der Waals surface area contributed by atoms with E-state index in [2.05, 4.69) is 10.6 Å². The number of carbonyl (C=O) groups excluding carboxylic acids is 2. The maximum absolute atomic E-state index is 12.6. The van der Waals surface area contributed by atoms with Crippen LogP contribution in [-0.4, -0.2) is 149 Å². The van der Waals surface area contributed by atoms with Crippen LogP contribution < -0.4 is 10.6 Å². The highest BCUT2D eigenvalue weighted by atomic mass is 16.8. The quantitative estimate of drug-likeness (QED) is 0.0301. The normalized spacial score (nSPS) is 21.9. The molecule has 3 saturated heterocycles. The lowest BCUT2D eigenvalue weighted by atomic mass is 9.96. The van der Waals surface area contributed by atoms with Crippen molar-refractivity contribution in [1.82, 2.24) is 10.6 Å². The first-order valence-corrected chi connectivity index (χ1v) is 44.9. The maximum Gasteiger partial charge on any atom is 0.407 e.